The molecular weight excluding hydrogens is 352 g/mol. The van der Waals surface area contributed by atoms with Crippen molar-refractivity contribution in [1.82, 2.24) is 20.2 Å². The summed E-state index contributed by atoms with van der Waals surface area (Å²) in [6.45, 7) is 8.32. The molecule has 7 nitrogen and oxygen atoms in total. The summed E-state index contributed by atoms with van der Waals surface area (Å²) in [5.74, 6) is 1.91. The van der Waals surface area contributed by atoms with Gasteiger partial charge in [-0.2, -0.15) is 0 Å². The highest BCUT2D eigenvalue weighted by molar-refractivity contribution is 5.99. The fourth-order valence-corrected chi connectivity index (χ4v) is 5.74. The van der Waals surface area contributed by atoms with Crippen molar-refractivity contribution in [2.75, 3.05) is 49.1 Å². The monoisotopic (exact) mass is 384 g/mol. The number of aromatic nitrogens is 2. The number of piperidine rings is 1. The summed E-state index contributed by atoms with van der Waals surface area (Å²) in [6.07, 6.45) is 10.4. The Bertz CT molecular complexity index is 716. The smallest absolute Gasteiger partial charge is 0.234 e. The van der Waals surface area contributed by atoms with Crippen molar-refractivity contribution in [3.8, 4) is 0 Å². The number of carbonyl (C=O) groups is 1. The highest BCUT2D eigenvalue weighted by atomic mass is 16.2. The number of carbonyl (C=O) groups excluding carboxylic acids is 1. The number of anilines is 2. The molecule has 5 heterocycles. The van der Waals surface area contributed by atoms with Crippen molar-refractivity contribution in [1.29, 1.82) is 0 Å². The number of hydrogen-bond donors (Lipinski definition) is 1. The molecule has 7 heteroatoms. The Morgan fingerprint density at radius 3 is 2.54 bits per heavy atom. The molecule has 4 aliphatic rings. The van der Waals surface area contributed by atoms with Gasteiger partial charge in [-0.05, 0) is 65.1 Å². The summed E-state index contributed by atoms with van der Waals surface area (Å²) in [6, 6.07) is 1.35. The summed E-state index contributed by atoms with van der Waals surface area (Å²) in [4.78, 5) is 29.3. The van der Waals surface area contributed by atoms with Gasteiger partial charge in [0.2, 0.25) is 5.91 Å². The third-order valence-electron chi connectivity index (χ3n) is 7.54. The minimum Gasteiger partial charge on any atom is -0.354 e. The largest absolute Gasteiger partial charge is 0.354 e. The van der Waals surface area contributed by atoms with Crippen LogP contribution in [0, 0.1) is 5.41 Å². The van der Waals surface area contributed by atoms with Gasteiger partial charge in [0.05, 0.1) is 17.8 Å². The van der Waals surface area contributed by atoms with Crippen molar-refractivity contribution in [3.05, 3.63) is 12.4 Å². The fourth-order valence-electron chi connectivity index (χ4n) is 5.74. The highest BCUT2D eigenvalue weighted by Crippen LogP contribution is 2.41. The summed E-state index contributed by atoms with van der Waals surface area (Å²) in [5.41, 5.74) is -0.166. The molecule has 2 unspecified atom stereocenters. The van der Waals surface area contributed by atoms with Crippen LogP contribution < -0.4 is 15.1 Å². The van der Waals surface area contributed by atoms with Gasteiger partial charge in [0.1, 0.15) is 5.82 Å². The zero-order chi connectivity index (χ0) is 19.1. The van der Waals surface area contributed by atoms with E-state index in [1.54, 1.807) is 6.20 Å². The van der Waals surface area contributed by atoms with E-state index in [1.165, 1.54) is 25.8 Å². The first-order chi connectivity index (χ1) is 13.7. The molecule has 0 aromatic carbocycles. The van der Waals surface area contributed by atoms with E-state index in [1.807, 2.05) is 11.1 Å². The first-order valence-electron chi connectivity index (χ1n) is 11.0. The van der Waals surface area contributed by atoms with Gasteiger partial charge < -0.3 is 10.2 Å². The lowest BCUT2D eigenvalue weighted by Crippen LogP contribution is -2.43. The molecule has 1 N–H and O–H groups in total. The zero-order valence-electron chi connectivity index (χ0n) is 16.9. The van der Waals surface area contributed by atoms with E-state index in [0.29, 0.717) is 17.9 Å². The second kappa shape index (κ2) is 7.26. The van der Waals surface area contributed by atoms with Gasteiger partial charge in [0.15, 0.2) is 5.82 Å². The zero-order valence-corrected chi connectivity index (χ0v) is 16.9. The Morgan fingerprint density at radius 1 is 1.04 bits per heavy atom. The summed E-state index contributed by atoms with van der Waals surface area (Å²) >= 11 is 0. The number of rotatable bonds is 3. The van der Waals surface area contributed by atoms with E-state index < -0.39 is 0 Å². The lowest BCUT2D eigenvalue weighted by Gasteiger charge is -2.31. The van der Waals surface area contributed by atoms with Crippen LogP contribution >= 0.6 is 0 Å². The average molecular weight is 385 g/mol. The van der Waals surface area contributed by atoms with E-state index >= 15 is 0 Å². The van der Waals surface area contributed by atoms with Crippen LogP contribution in [0.4, 0.5) is 11.6 Å². The minimum atomic E-state index is -0.166. The Morgan fingerprint density at radius 2 is 1.82 bits per heavy atom. The van der Waals surface area contributed by atoms with Crippen molar-refractivity contribution < 1.29 is 4.79 Å². The van der Waals surface area contributed by atoms with Crippen molar-refractivity contribution in [2.45, 2.75) is 57.5 Å². The molecule has 0 aliphatic carbocycles. The molecule has 1 spiro atoms. The van der Waals surface area contributed by atoms with E-state index in [9.17, 15) is 4.79 Å². The molecule has 4 saturated heterocycles. The van der Waals surface area contributed by atoms with Crippen LogP contribution in [-0.2, 0) is 4.79 Å². The maximum atomic E-state index is 13.1. The third kappa shape index (κ3) is 3.08. The molecule has 0 bridgehead atoms. The summed E-state index contributed by atoms with van der Waals surface area (Å²) < 4.78 is 0. The number of hydrogen-bond acceptors (Lipinski definition) is 6. The molecule has 4 fully saturated rings. The van der Waals surface area contributed by atoms with Crippen LogP contribution in [0.3, 0.4) is 0 Å². The van der Waals surface area contributed by atoms with Crippen LogP contribution in [0.1, 0.15) is 45.4 Å². The summed E-state index contributed by atoms with van der Waals surface area (Å²) in [7, 11) is 0. The predicted octanol–water partition coefficient (Wildman–Crippen LogP) is 1.65. The molecule has 28 heavy (non-hydrogen) atoms. The standard InChI is InChI=1S/C21H32N6O/c1-16-3-2-10-26(16)17-4-11-25(15-17)18-13-24-19(14-23-18)27-12-7-21(20(27)28)5-8-22-9-6-21/h13-14,16-17,22H,2-12,15H2,1H3. The number of nitrogens with one attached hydrogen (secondary N) is 1. The van der Waals surface area contributed by atoms with Crippen LogP contribution in [0.15, 0.2) is 12.4 Å². The molecule has 1 amide bonds. The first-order valence-corrected chi connectivity index (χ1v) is 11.0. The van der Waals surface area contributed by atoms with Gasteiger partial charge in [0.25, 0.3) is 0 Å². The van der Waals surface area contributed by atoms with E-state index in [4.69, 9.17) is 4.98 Å². The van der Waals surface area contributed by atoms with Crippen LogP contribution in [0.2, 0.25) is 0 Å². The number of nitrogens with zero attached hydrogens (tertiary/aromatic N) is 5. The lowest BCUT2D eigenvalue weighted by molar-refractivity contribution is -0.126. The second-order valence-electron chi connectivity index (χ2n) is 9.09. The second-order valence-corrected chi connectivity index (χ2v) is 9.09. The van der Waals surface area contributed by atoms with Crippen molar-refractivity contribution in [2.24, 2.45) is 5.41 Å². The third-order valence-corrected chi connectivity index (χ3v) is 7.54. The first kappa shape index (κ1) is 18.3. The molecule has 0 radical (unpaired) electrons. The number of amides is 1. The van der Waals surface area contributed by atoms with Crippen LogP contribution in [0.5, 0.6) is 0 Å². The van der Waals surface area contributed by atoms with E-state index in [0.717, 1.165) is 57.8 Å². The molecule has 1 aromatic heterocycles. The van der Waals surface area contributed by atoms with Gasteiger partial charge >= 0.3 is 0 Å². The van der Waals surface area contributed by atoms with Gasteiger partial charge in [-0.15, -0.1) is 0 Å². The maximum Gasteiger partial charge on any atom is 0.234 e. The van der Waals surface area contributed by atoms with E-state index in [2.05, 4.69) is 27.0 Å². The van der Waals surface area contributed by atoms with Gasteiger partial charge in [0, 0.05) is 31.7 Å². The minimum absolute atomic E-state index is 0.166. The molecule has 1 aromatic rings. The topological polar surface area (TPSA) is 64.6 Å². The highest BCUT2D eigenvalue weighted by Gasteiger charge is 2.47. The Labute approximate surface area is 167 Å². The normalized spacial score (nSPS) is 30.7. The Hall–Kier alpha value is -1.73. The average Bonchev–Trinajstić information content (AvgIpc) is 3.44. The van der Waals surface area contributed by atoms with Crippen molar-refractivity contribution >= 4 is 17.5 Å². The molecule has 152 valence electrons. The Balaban J connectivity index is 1.25. The quantitative estimate of drug-likeness (QED) is 0.855. The van der Waals surface area contributed by atoms with Crippen molar-refractivity contribution in [3.63, 3.8) is 0 Å². The molecule has 4 aliphatic heterocycles. The molecular formula is C21H32N6O. The van der Waals surface area contributed by atoms with Gasteiger partial charge in [-0.1, -0.05) is 0 Å². The van der Waals surface area contributed by atoms with E-state index in [-0.39, 0.29) is 11.3 Å². The summed E-state index contributed by atoms with van der Waals surface area (Å²) in [5, 5.41) is 3.37. The number of likely N-dealkylation sites (tertiary alicyclic amines) is 1. The van der Waals surface area contributed by atoms with Gasteiger partial charge in [-0.3, -0.25) is 14.6 Å². The predicted molar refractivity (Wildman–Crippen MR) is 110 cm³/mol. The van der Waals surface area contributed by atoms with Crippen LogP contribution in [-0.4, -0.2) is 72.1 Å². The molecule has 2 atom stereocenters. The Kier molecular flexibility index (Phi) is 4.75. The molecule has 5 rings (SSSR count). The fraction of sp³-hybridized carbons (Fsp3) is 0.762. The lowest BCUT2D eigenvalue weighted by atomic mass is 9.78. The molecule has 0 saturated carbocycles. The SMILES string of the molecule is CC1CCCN1C1CCN(c2cnc(N3CCC4(CCNCC4)C3=O)cn2)C1. The van der Waals surface area contributed by atoms with Crippen LogP contribution in [0.25, 0.3) is 0 Å². The van der Waals surface area contributed by atoms with Gasteiger partial charge in [-0.25, -0.2) is 9.97 Å². The maximum absolute atomic E-state index is 13.1.